The molecule has 4 heteroatoms. The molecule has 2 saturated heterocycles. The maximum atomic E-state index is 12.0. The lowest BCUT2D eigenvalue weighted by molar-refractivity contribution is 0.179. The lowest BCUT2D eigenvalue weighted by Crippen LogP contribution is -2.49. The van der Waals surface area contributed by atoms with E-state index in [-0.39, 0.29) is 6.03 Å². The molecular weight excluding hydrogens is 274 g/mol. The zero-order valence-corrected chi connectivity index (χ0v) is 12.8. The predicted octanol–water partition coefficient (Wildman–Crippen LogP) is 1.96. The fraction of sp³-hybridized carbons (Fsp3) is 0.500. The number of amides is 2. The average molecular weight is 297 g/mol. The van der Waals surface area contributed by atoms with Gasteiger partial charge in [-0.25, -0.2) is 4.79 Å². The molecule has 2 aliphatic rings. The molecule has 0 bridgehead atoms. The number of carbonyl (C=O) groups is 1. The van der Waals surface area contributed by atoms with Crippen LogP contribution < -0.4 is 10.6 Å². The van der Waals surface area contributed by atoms with Crippen LogP contribution in [0.2, 0.25) is 0 Å². The van der Waals surface area contributed by atoms with Crippen molar-refractivity contribution in [3.63, 3.8) is 0 Å². The predicted molar refractivity (Wildman–Crippen MR) is 87.5 cm³/mol. The maximum absolute atomic E-state index is 12.0. The highest BCUT2D eigenvalue weighted by Crippen LogP contribution is 2.26. The molecule has 4 nitrogen and oxygen atoms in total. The number of nitrogens with zero attached hydrogens (tertiary/aromatic N) is 1. The molecule has 3 rings (SSSR count). The Bertz CT molecular complexity index is 561. The van der Waals surface area contributed by atoms with Crippen molar-refractivity contribution >= 4 is 6.03 Å². The van der Waals surface area contributed by atoms with Gasteiger partial charge in [-0.05, 0) is 37.9 Å². The number of rotatable bonds is 2. The standard InChI is InChI=1S/C18H23N3O/c22-18(19-12-6-9-15-7-2-1-3-8-15)20-16-11-14-21-13-5-4-10-17(16)21/h1-3,7-8,16-17H,4-5,10-14H2,(H2,19,20,22)/t16-,17-/m1/s1. The number of hydrogen-bond acceptors (Lipinski definition) is 2. The lowest BCUT2D eigenvalue weighted by atomic mass is 9.99. The highest BCUT2D eigenvalue weighted by Gasteiger charge is 2.36. The molecule has 2 heterocycles. The van der Waals surface area contributed by atoms with E-state index in [0.717, 1.165) is 18.5 Å². The second-order valence-electron chi connectivity index (χ2n) is 5.99. The van der Waals surface area contributed by atoms with Gasteiger partial charge in [-0.3, -0.25) is 4.90 Å². The molecule has 0 spiro atoms. The number of nitrogens with one attached hydrogen (secondary N) is 2. The van der Waals surface area contributed by atoms with Crippen LogP contribution in [0.5, 0.6) is 0 Å². The van der Waals surface area contributed by atoms with E-state index < -0.39 is 0 Å². The lowest BCUT2D eigenvalue weighted by Gasteiger charge is -2.32. The highest BCUT2D eigenvalue weighted by molar-refractivity contribution is 5.74. The van der Waals surface area contributed by atoms with Crippen molar-refractivity contribution in [1.29, 1.82) is 0 Å². The molecule has 116 valence electrons. The van der Waals surface area contributed by atoms with E-state index in [2.05, 4.69) is 27.4 Å². The number of urea groups is 1. The van der Waals surface area contributed by atoms with Crippen LogP contribution in [0.4, 0.5) is 4.79 Å². The maximum Gasteiger partial charge on any atom is 0.315 e. The number of benzene rings is 1. The molecular formula is C18H23N3O. The van der Waals surface area contributed by atoms with Crippen molar-refractivity contribution in [3.05, 3.63) is 35.9 Å². The first kappa shape index (κ1) is 14.9. The van der Waals surface area contributed by atoms with Gasteiger partial charge >= 0.3 is 6.03 Å². The summed E-state index contributed by atoms with van der Waals surface area (Å²) >= 11 is 0. The first-order valence-electron chi connectivity index (χ1n) is 8.15. The molecule has 0 unspecified atom stereocenters. The Balaban J connectivity index is 1.42. The smallest absolute Gasteiger partial charge is 0.315 e. The van der Waals surface area contributed by atoms with Gasteiger partial charge in [0, 0.05) is 24.2 Å². The van der Waals surface area contributed by atoms with E-state index in [1.54, 1.807) is 0 Å². The number of hydrogen-bond donors (Lipinski definition) is 2. The first-order chi connectivity index (χ1) is 10.8. The van der Waals surface area contributed by atoms with E-state index in [9.17, 15) is 4.79 Å². The third kappa shape index (κ3) is 3.80. The summed E-state index contributed by atoms with van der Waals surface area (Å²) in [5.41, 5.74) is 0.971. The Hall–Kier alpha value is -1.99. The van der Waals surface area contributed by atoms with Gasteiger partial charge in [0.25, 0.3) is 0 Å². The molecule has 1 aromatic carbocycles. The van der Waals surface area contributed by atoms with Gasteiger partial charge in [-0.2, -0.15) is 0 Å². The summed E-state index contributed by atoms with van der Waals surface area (Å²) < 4.78 is 0. The van der Waals surface area contributed by atoms with Crippen LogP contribution in [0.1, 0.15) is 31.2 Å². The second kappa shape index (κ2) is 7.33. The van der Waals surface area contributed by atoms with Gasteiger partial charge in [-0.1, -0.05) is 36.5 Å². The Morgan fingerprint density at radius 3 is 2.91 bits per heavy atom. The molecule has 2 aliphatic heterocycles. The minimum atomic E-state index is -0.0974. The topological polar surface area (TPSA) is 44.4 Å². The minimum Gasteiger partial charge on any atom is -0.334 e. The molecule has 22 heavy (non-hydrogen) atoms. The molecule has 2 fully saturated rings. The van der Waals surface area contributed by atoms with Crippen LogP contribution in [-0.2, 0) is 0 Å². The summed E-state index contributed by atoms with van der Waals surface area (Å²) in [5, 5.41) is 5.95. The largest absolute Gasteiger partial charge is 0.334 e. The van der Waals surface area contributed by atoms with E-state index in [0.29, 0.717) is 18.6 Å². The summed E-state index contributed by atoms with van der Waals surface area (Å²) in [6, 6.07) is 10.5. The monoisotopic (exact) mass is 297 g/mol. The molecule has 2 N–H and O–H groups in total. The van der Waals surface area contributed by atoms with Crippen molar-refractivity contribution in [3.8, 4) is 11.8 Å². The van der Waals surface area contributed by atoms with Gasteiger partial charge in [0.2, 0.25) is 0 Å². The van der Waals surface area contributed by atoms with Crippen molar-refractivity contribution in [1.82, 2.24) is 15.5 Å². The van der Waals surface area contributed by atoms with Crippen LogP contribution in [0.25, 0.3) is 0 Å². The molecule has 1 aromatic rings. The van der Waals surface area contributed by atoms with Crippen molar-refractivity contribution in [2.45, 2.75) is 37.8 Å². The second-order valence-corrected chi connectivity index (χ2v) is 5.99. The molecule has 0 aromatic heterocycles. The van der Waals surface area contributed by atoms with Crippen molar-refractivity contribution in [2.75, 3.05) is 19.6 Å². The fourth-order valence-corrected chi connectivity index (χ4v) is 3.43. The van der Waals surface area contributed by atoms with Gasteiger partial charge in [-0.15, -0.1) is 0 Å². The van der Waals surface area contributed by atoms with Crippen LogP contribution in [0.15, 0.2) is 30.3 Å². The normalized spacial score (nSPS) is 24.0. The van der Waals surface area contributed by atoms with E-state index in [1.807, 2.05) is 30.3 Å². The van der Waals surface area contributed by atoms with Crippen LogP contribution in [0, 0.1) is 11.8 Å². The zero-order chi connectivity index (χ0) is 15.2. The summed E-state index contributed by atoms with van der Waals surface area (Å²) in [6.45, 7) is 2.68. The van der Waals surface area contributed by atoms with Gasteiger partial charge in [0.1, 0.15) is 0 Å². The van der Waals surface area contributed by atoms with Crippen molar-refractivity contribution in [2.24, 2.45) is 0 Å². The fourth-order valence-electron chi connectivity index (χ4n) is 3.43. The van der Waals surface area contributed by atoms with Crippen LogP contribution in [-0.4, -0.2) is 42.6 Å². The molecule has 2 amide bonds. The highest BCUT2D eigenvalue weighted by atomic mass is 16.2. The van der Waals surface area contributed by atoms with E-state index >= 15 is 0 Å². The molecule has 0 radical (unpaired) electrons. The van der Waals surface area contributed by atoms with Gasteiger partial charge in [0.15, 0.2) is 0 Å². The summed E-state index contributed by atoms with van der Waals surface area (Å²) in [4.78, 5) is 14.5. The SMILES string of the molecule is O=C(NCC#Cc1ccccc1)N[C@@H]1CCN2CCCC[C@H]12. The number of carbonyl (C=O) groups excluding carboxylic acids is 1. The Labute approximate surface area is 132 Å². The summed E-state index contributed by atoms with van der Waals surface area (Å²) in [5.74, 6) is 6.02. The number of piperidine rings is 1. The molecule has 2 atom stereocenters. The average Bonchev–Trinajstić information content (AvgIpc) is 2.96. The summed E-state index contributed by atoms with van der Waals surface area (Å²) in [7, 11) is 0. The minimum absolute atomic E-state index is 0.0974. The quantitative estimate of drug-likeness (QED) is 0.820. The number of fused-ring (bicyclic) bond motifs is 1. The molecule has 0 saturated carbocycles. The van der Waals surface area contributed by atoms with Crippen LogP contribution in [0.3, 0.4) is 0 Å². The molecule has 0 aliphatic carbocycles. The first-order valence-corrected chi connectivity index (χ1v) is 8.15. The summed E-state index contributed by atoms with van der Waals surface area (Å²) in [6.07, 6.45) is 4.85. The van der Waals surface area contributed by atoms with E-state index in [1.165, 1.54) is 25.8 Å². The van der Waals surface area contributed by atoms with E-state index in [4.69, 9.17) is 0 Å². The zero-order valence-electron chi connectivity index (χ0n) is 12.8. The third-order valence-electron chi connectivity index (χ3n) is 4.52. The Morgan fingerprint density at radius 2 is 2.05 bits per heavy atom. The van der Waals surface area contributed by atoms with Gasteiger partial charge < -0.3 is 10.6 Å². The van der Waals surface area contributed by atoms with Gasteiger partial charge in [0.05, 0.1) is 6.54 Å². The Morgan fingerprint density at radius 1 is 1.18 bits per heavy atom. The third-order valence-corrected chi connectivity index (χ3v) is 4.52. The Kier molecular flexibility index (Phi) is 4.97. The van der Waals surface area contributed by atoms with Crippen LogP contribution >= 0.6 is 0 Å². The van der Waals surface area contributed by atoms with Crippen molar-refractivity contribution < 1.29 is 4.79 Å².